The zero-order chi connectivity index (χ0) is 21.1. The molecule has 0 spiro atoms. The number of aliphatic hydroxyl groups excluding tert-OH is 3. The monoisotopic (exact) mass is 458 g/mol. The predicted octanol–water partition coefficient (Wildman–Crippen LogP) is 2.71. The zero-order valence-corrected chi connectivity index (χ0v) is 17.2. The Morgan fingerprint density at radius 3 is 2.45 bits per heavy atom. The number of fused-ring (bicyclic) bond motifs is 1. The molecular formula is C19H17Cl3N2O5. The van der Waals surface area contributed by atoms with E-state index in [1.54, 1.807) is 18.2 Å². The molecule has 0 saturated carbocycles. The molecule has 29 heavy (non-hydrogen) atoms. The van der Waals surface area contributed by atoms with E-state index in [2.05, 4.69) is 4.98 Å². The number of para-hydroxylation sites is 1. The molecule has 0 amide bonds. The van der Waals surface area contributed by atoms with Crippen LogP contribution < -0.4 is 5.43 Å². The summed E-state index contributed by atoms with van der Waals surface area (Å²) in [6.07, 6.45) is 0.306. The van der Waals surface area contributed by atoms with Gasteiger partial charge in [0.05, 0.1) is 69.5 Å². The fourth-order valence-electron chi connectivity index (χ4n) is 2.95. The molecule has 0 aliphatic carbocycles. The lowest BCUT2D eigenvalue weighted by Crippen LogP contribution is -2.20. The fourth-order valence-corrected chi connectivity index (χ4v) is 3.75. The van der Waals surface area contributed by atoms with Gasteiger partial charge in [-0.3, -0.25) is 9.78 Å². The predicted molar refractivity (Wildman–Crippen MR) is 111 cm³/mol. The van der Waals surface area contributed by atoms with Crippen molar-refractivity contribution >= 4 is 45.7 Å². The van der Waals surface area contributed by atoms with Crippen molar-refractivity contribution in [3.05, 3.63) is 67.1 Å². The molecule has 0 aliphatic rings. The second kappa shape index (κ2) is 9.40. The smallest absolute Gasteiger partial charge is 0.191 e. The average molecular weight is 460 g/mol. The molecule has 1 atom stereocenters. The number of halogens is 3. The Morgan fingerprint density at radius 1 is 1.14 bits per heavy atom. The molecule has 0 fully saturated rings. The van der Waals surface area contributed by atoms with Crippen molar-refractivity contribution in [3.63, 3.8) is 0 Å². The summed E-state index contributed by atoms with van der Waals surface area (Å²) in [5, 5.41) is 29.1. The number of benzene rings is 1. The van der Waals surface area contributed by atoms with E-state index in [4.69, 9.17) is 44.6 Å². The Hall–Kier alpha value is -1.71. The van der Waals surface area contributed by atoms with Gasteiger partial charge in [0.2, 0.25) is 0 Å². The minimum atomic E-state index is -1.05. The number of nitrogens with zero attached hydrogens (tertiary/aromatic N) is 2. The second-order valence-corrected chi connectivity index (χ2v) is 7.41. The maximum atomic E-state index is 12.8. The fraction of sp³-hybridized carbons (Fsp3) is 0.263. The number of hydrogen-bond acceptors (Lipinski definition) is 6. The van der Waals surface area contributed by atoms with Gasteiger partial charge >= 0.3 is 0 Å². The molecule has 0 radical (unpaired) electrons. The molecule has 7 nitrogen and oxygen atoms in total. The normalized spacial score (nSPS) is 12.5. The van der Waals surface area contributed by atoms with Crippen molar-refractivity contribution in [2.24, 2.45) is 0 Å². The third-order valence-corrected chi connectivity index (χ3v) is 5.11. The first kappa shape index (κ1) is 22.0. The van der Waals surface area contributed by atoms with Gasteiger partial charge in [-0.1, -0.05) is 40.9 Å². The van der Waals surface area contributed by atoms with E-state index in [9.17, 15) is 15.0 Å². The van der Waals surface area contributed by atoms with E-state index in [1.165, 1.54) is 16.8 Å². The van der Waals surface area contributed by atoms with Gasteiger partial charge in [0.15, 0.2) is 5.43 Å². The van der Waals surface area contributed by atoms with E-state index in [1.807, 2.05) is 0 Å². The van der Waals surface area contributed by atoms with Crippen LogP contribution in [0, 0.1) is 0 Å². The lowest BCUT2D eigenvalue weighted by Gasteiger charge is -2.20. The van der Waals surface area contributed by atoms with Crippen LogP contribution >= 0.6 is 34.8 Å². The number of aromatic nitrogens is 2. The van der Waals surface area contributed by atoms with Gasteiger partial charge in [0.25, 0.3) is 0 Å². The number of pyridine rings is 2. The molecule has 3 rings (SSSR count). The summed E-state index contributed by atoms with van der Waals surface area (Å²) >= 11 is 19.1. The van der Waals surface area contributed by atoms with E-state index in [0.717, 1.165) is 0 Å². The summed E-state index contributed by atoms with van der Waals surface area (Å²) in [6, 6.07) is 6.19. The van der Waals surface area contributed by atoms with Crippen molar-refractivity contribution in [2.75, 3.05) is 13.2 Å². The highest BCUT2D eigenvalue weighted by molar-refractivity contribution is 6.38. The lowest BCUT2D eigenvalue weighted by molar-refractivity contribution is -0.000513. The van der Waals surface area contributed by atoms with Crippen molar-refractivity contribution in [1.82, 2.24) is 9.55 Å². The van der Waals surface area contributed by atoms with Gasteiger partial charge in [-0.15, -0.1) is 0 Å². The first-order valence-corrected chi connectivity index (χ1v) is 9.66. The summed E-state index contributed by atoms with van der Waals surface area (Å²) in [4.78, 5) is 17.0. The Kier molecular flexibility index (Phi) is 7.13. The van der Waals surface area contributed by atoms with Crippen LogP contribution in [-0.2, 0) is 18.0 Å². The Morgan fingerprint density at radius 2 is 1.83 bits per heavy atom. The van der Waals surface area contributed by atoms with Gasteiger partial charge in [-0.2, -0.15) is 0 Å². The summed E-state index contributed by atoms with van der Waals surface area (Å²) in [7, 11) is 0. The number of ether oxygens (including phenoxy) is 1. The number of hydrogen-bond donors (Lipinski definition) is 3. The highest BCUT2D eigenvalue weighted by Crippen LogP contribution is 2.34. The molecular weight excluding hydrogens is 443 g/mol. The average Bonchev–Trinajstić information content (AvgIpc) is 2.70. The van der Waals surface area contributed by atoms with Crippen molar-refractivity contribution in [1.29, 1.82) is 0 Å². The molecule has 10 heteroatoms. The standard InChI is InChI=1S/C19H17Cl3N2O5/c20-12-2-1-3-13(21)18(12)24-10(6-25)4-16(28)17-15(9-29-8-11(27)7-26)23-5-14(22)19(17)24/h1-5,11,25-27H,6-9H2. The van der Waals surface area contributed by atoms with Gasteiger partial charge in [0.1, 0.15) is 6.10 Å². The van der Waals surface area contributed by atoms with Crippen molar-refractivity contribution < 1.29 is 20.1 Å². The van der Waals surface area contributed by atoms with Crippen LogP contribution in [0.1, 0.15) is 11.4 Å². The van der Waals surface area contributed by atoms with Crippen LogP contribution in [0.15, 0.2) is 35.3 Å². The third-order valence-electron chi connectivity index (χ3n) is 4.22. The highest BCUT2D eigenvalue weighted by atomic mass is 35.5. The molecule has 0 aliphatic heterocycles. The Bertz CT molecular complexity index is 1080. The van der Waals surface area contributed by atoms with Gasteiger partial charge in [0, 0.05) is 12.3 Å². The van der Waals surface area contributed by atoms with E-state index < -0.39 is 24.7 Å². The van der Waals surface area contributed by atoms with Crippen LogP contribution in [-0.4, -0.2) is 44.2 Å². The molecule has 1 unspecified atom stereocenters. The van der Waals surface area contributed by atoms with Crippen LogP contribution in [0.4, 0.5) is 0 Å². The lowest BCUT2D eigenvalue weighted by atomic mass is 10.1. The molecule has 3 N–H and O–H groups in total. The quantitative estimate of drug-likeness (QED) is 0.502. The van der Waals surface area contributed by atoms with E-state index in [0.29, 0.717) is 15.7 Å². The van der Waals surface area contributed by atoms with Gasteiger partial charge in [-0.05, 0) is 12.1 Å². The topological polar surface area (TPSA) is 105 Å². The van der Waals surface area contributed by atoms with Crippen LogP contribution in [0.2, 0.25) is 15.1 Å². The molecule has 3 aromatic rings. The molecule has 0 saturated heterocycles. The maximum Gasteiger partial charge on any atom is 0.191 e. The Labute approximate surface area is 180 Å². The third kappa shape index (κ3) is 4.41. The second-order valence-electron chi connectivity index (χ2n) is 6.19. The summed E-state index contributed by atoms with van der Waals surface area (Å²) in [5.41, 5.74) is 0.740. The van der Waals surface area contributed by atoms with E-state index >= 15 is 0 Å². The molecule has 154 valence electrons. The molecule has 2 heterocycles. The SMILES string of the molecule is O=c1cc(CO)n(-c2c(Cl)cccc2Cl)c2c(Cl)cnc(COCC(O)CO)c12. The molecule has 1 aromatic carbocycles. The number of rotatable bonds is 7. The van der Waals surface area contributed by atoms with Crippen LogP contribution in [0.5, 0.6) is 0 Å². The first-order valence-electron chi connectivity index (χ1n) is 8.53. The highest BCUT2D eigenvalue weighted by Gasteiger charge is 2.20. The van der Waals surface area contributed by atoms with Gasteiger partial charge in [-0.25, -0.2) is 0 Å². The summed E-state index contributed by atoms with van der Waals surface area (Å²) < 4.78 is 6.88. The largest absolute Gasteiger partial charge is 0.394 e. The van der Waals surface area contributed by atoms with Crippen molar-refractivity contribution in [3.8, 4) is 5.69 Å². The molecule has 0 bridgehead atoms. The maximum absolute atomic E-state index is 12.8. The van der Waals surface area contributed by atoms with Gasteiger partial charge < -0.3 is 24.6 Å². The van der Waals surface area contributed by atoms with E-state index in [-0.39, 0.29) is 40.5 Å². The van der Waals surface area contributed by atoms with Crippen LogP contribution in [0.25, 0.3) is 16.6 Å². The first-order chi connectivity index (χ1) is 13.9. The van der Waals surface area contributed by atoms with Crippen molar-refractivity contribution in [2.45, 2.75) is 19.3 Å². The molecule has 2 aromatic heterocycles. The summed E-state index contributed by atoms with van der Waals surface area (Å²) in [6.45, 7) is -1.15. The zero-order valence-electron chi connectivity index (χ0n) is 15.0. The minimum absolute atomic E-state index is 0.102. The van der Waals surface area contributed by atoms with Crippen LogP contribution in [0.3, 0.4) is 0 Å². The minimum Gasteiger partial charge on any atom is -0.394 e. The Balaban J connectivity index is 2.28. The number of aliphatic hydroxyl groups is 3. The summed E-state index contributed by atoms with van der Waals surface area (Å²) in [5.74, 6) is 0.